The molecule has 2 unspecified atom stereocenters. The fraction of sp³-hybridized carbons (Fsp3) is 0.400. The predicted molar refractivity (Wildman–Crippen MR) is 94.0 cm³/mol. The Balaban J connectivity index is 1.90. The number of morpholine rings is 1. The lowest BCUT2D eigenvalue weighted by atomic mass is 10.2. The maximum Gasteiger partial charge on any atom is 0.261 e. The van der Waals surface area contributed by atoms with Crippen LogP contribution in [0.1, 0.15) is 13.8 Å². The van der Waals surface area contributed by atoms with E-state index in [9.17, 15) is 8.42 Å². The van der Waals surface area contributed by atoms with Gasteiger partial charge in [-0.05, 0) is 26.0 Å². The van der Waals surface area contributed by atoms with E-state index in [0.29, 0.717) is 18.2 Å². The summed E-state index contributed by atoms with van der Waals surface area (Å²) in [6.07, 6.45) is -0.106. The number of rotatable bonds is 3. The number of sulfonamides is 1. The fourth-order valence-electron chi connectivity index (χ4n) is 2.43. The Labute approximate surface area is 148 Å². The summed E-state index contributed by atoms with van der Waals surface area (Å²) < 4.78 is 33.7. The molecule has 2 aromatic rings. The second-order valence-electron chi connectivity index (χ2n) is 5.57. The third-order valence-electron chi connectivity index (χ3n) is 3.70. The summed E-state index contributed by atoms with van der Waals surface area (Å²) in [4.78, 5) is 4.35. The number of hydrogen-bond donors (Lipinski definition) is 0. The van der Waals surface area contributed by atoms with Gasteiger partial charge in [0.05, 0.1) is 12.7 Å². The predicted octanol–water partition coefficient (Wildman–Crippen LogP) is 3.37. The van der Waals surface area contributed by atoms with Gasteiger partial charge in [0.25, 0.3) is 10.0 Å². The van der Waals surface area contributed by atoms with Crippen molar-refractivity contribution in [1.29, 1.82) is 0 Å². The molecule has 1 aliphatic heterocycles. The van der Waals surface area contributed by atoms with E-state index < -0.39 is 10.0 Å². The molecule has 124 valence electrons. The summed E-state index contributed by atoms with van der Waals surface area (Å²) in [5.41, 5.74) is 0.906. The average Bonchev–Trinajstić information content (AvgIpc) is 3.01. The second kappa shape index (κ2) is 6.60. The molecule has 0 amide bonds. The van der Waals surface area contributed by atoms with Gasteiger partial charge in [0.15, 0.2) is 5.03 Å². The van der Waals surface area contributed by atoms with Crippen molar-refractivity contribution in [3.05, 3.63) is 34.1 Å². The number of ether oxygens (including phenoxy) is 1. The lowest BCUT2D eigenvalue weighted by molar-refractivity contribution is -0.0171. The quantitative estimate of drug-likeness (QED) is 0.769. The number of hydrogen-bond acceptors (Lipinski definition) is 5. The van der Waals surface area contributed by atoms with E-state index in [2.05, 4.69) is 20.9 Å². The van der Waals surface area contributed by atoms with Crippen LogP contribution < -0.4 is 0 Å². The van der Waals surface area contributed by atoms with Gasteiger partial charge in [-0.3, -0.25) is 0 Å². The van der Waals surface area contributed by atoms with E-state index in [0.717, 1.165) is 10.0 Å². The van der Waals surface area contributed by atoms with Crippen molar-refractivity contribution in [1.82, 2.24) is 9.29 Å². The maximum atomic E-state index is 12.8. The molecule has 3 rings (SSSR count). The molecule has 8 heteroatoms. The van der Waals surface area contributed by atoms with Gasteiger partial charge in [-0.2, -0.15) is 4.31 Å². The smallest absolute Gasteiger partial charge is 0.261 e. The molecule has 5 nitrogen and oxygen atoms in total. The van der Waals surface area contributed by atoms with Crippen molar-refractivity contribution in [3.8, 4) is 10.6 Å². The summed E-state index contributed by atoms with van der Waals surface area (Å²) in [7, 11) is -3.60. The topological polar surface area (TPSA) is 59.5 Å². The Bertz CT molecular complexity index is 789. The minimum absolute atomic E-state index is 0.106. The van der Waals surface area contributed by atoms with Crippen LogP contribution in [0.3, 0.4) is 0 Å². The minimum Gasteiger partial charge on any atom is -0.375 e. The molecule has 1 aromatic carbocycles. The van der Waals surface area contributed by atoms with Gasteiger partial charge < -0.3 is 4.74 Å². The van der Waals surface area contributed by atoms with Crippen LogP contribution in [0.5, 0.6) is 0 Å². The fourth-order valence-corrected chi connectivity index (χ4v) is 5.46. The zero-order valence-electron chi connectivity index (χ0n) is 12.8. The van der Waals surface area contributed by atoms with Crippen molar-refractivity contribution in [3.63, 3.8) is 0 Å². The van der Waals surface area contributed by atoms with Gasteiger partial charge in [0.2, 0.25) is 0 Å². The van der Waals surface area contributed by atoms with E-state index in [4.69, 9.17) is 4.74 Å². The highest BCUT2D eigenvalue weighted by Crippen LogP contribution is 2.29. The molecule has 23 heavy (non-hydrogen) atoms. The van der Waals surface area contributed by atoms with Gasteiger partial charge in [0, 0.05) is 28.0 Å². The number of benzene rings is 1. The molecule has 0 spiro atoms. The van der Waals surface area contributed by atoms with Crippen LogP contribution in [-0.4, -0.2) is 43.0 Å². The zero-order valence-corrected chi connectivity index (χ0v) is 16.0. The molecule has 0 radical (unpaired) electrons. The van der Waals surface area contributed by atoms with Crippen LogP contribution in [-0.2, 0) is 14.8 Å². The Morgan fingerprint density at radius 1 is 1.30 bits per heavy atom. The largest absolute Gasteiger partial charge is 0.375 e. The van der Waals surface area contributed by atoms with E-state index in [1.54, 1.807) is 5.38 Å². The third-order valence-corrected chi connectivity index (χ3v) is 7.13. The zero-order chi connectivity index (χ0) is 16.6. The number of nitrogens with zero attached hydrogens (tertiary/aromatic N) is 2. The lowest BCUT2D eigenvalue weighted by Crippen LogP contribution is -2.50. The summed E-state index contributed by atoms with van der Waals surface area (Å²) in [5, 5.41) is 2.42. The molecule has 2 heterocycles. The average molecular weight is 417 g/mol. The monoisotopic (exact) mass is 416 g/mol. The number of aromatic nitrogens is 1. The van der Waals surface area contributed by atoms with Crippen LogP contribution in [0.15, 0.2) is 39.1 Å². The highest BCUT2D eigenvalue weighted by molar-refractivity contribution is 9.10. The van der Waals surface area contributed by atoms with Gasteiger partial charge in [-0.25, -0.2) is 13.4 Å². The first-order chi connectivity index (χ1) is 10.9. The molecule has 1 aliphatic rings. The van der Waals surface area contributed by atoms with Crippen LogP contribution in [0.2, 0.25) is 0 Å². The number of thiazole rings is 1. The maximum absolute atomic E-state index is 12.8. The highest BCUT2D eigenvalue weighted by atomic mass is 79.9. The second-order valence-corrected chi connectivity index (χ2v) is 9.18. The first-order valence-electron chi connectivity index (χ1n) is 7.23. The summed E-state index contributed by atoms with van der Waals surface area (Å²) in [6, 6.07) is 7.47. The molecule has 1 fully saturated rings. The van der Waals surface area contributed by atoms with Crippen molar-refractivity contribution in [2.75, 3.05) is 13.2 Å². The summed E-state index contributed by atoms with van der Waals surface area (Å²) in [6.45, 7) is 4.49. The molecule has 0 bridgehead atoms. The van der Waals surface area contributed by atoms with Crippen molar-refractivity contribution >= 4 is 37.3 Å². The molecular formula is C15H17BrN2O3S2. The van der Waals surface area contributed by atoms with Gasteiger partial charge in [0.1, 0.15) is 5.01 Å². The first kappa shape index (κ1) is 17.0. The molecule has 0 saturated carbocycles. The van der Waals surface area contributed by atoms with E-state index in [1.165, 1.54) is 15.6 Å². The van der Waals surface area contributed by atoms with Gasteiger partial charge in [-0.15, -0.1) is 11.3 Å². The van der Waals surface area contributed by atoms with Crippen LogP contribution >= 0.6 is 27.3 Å². The lowest BCUT2D eigenvalue weighted by Gasteiger charge is -2.35. The molecular weight excluding hydrogens is 400 g/mol. The SMILES string of the molecule is CC1CN(S(=O)(=O)c2csc(-c3ccc(Br)cc3)n2)C(C)CO1. The molecule has 0 N–H and O–H groups in total. The van der Waals surface area contributed by atoms with Crippen molar-refractivity contribution in [2.45, 2.75) is 31.0 Å². The molecule has 0 aliphatic carbocycles. The molecule has 2 atom stereocenters. The van der Waals surface area contributed by atoms with E-state index in [1.807, 2.05) is 38.1 Å². The highest BCUT2D eigenvalue weighted by Gasteiger charge is 2.35. The van der Waals surface area contributed by atoms with Crippen LogP contribution in [0.25, 0.3) is 10.6 Å². The first-order valence-corrected chi connectivity index (χ1v) is 10.3. The Kier molecular flexibility index (Phi) is 4.89. The van der Waals surface area contributed by atoms with E-state index in [-0.39, 0.29) is 17.2 Å². The number of halogens is 1. The summed E-state index contributed by atoms with van der Waals surface area (Å²) in [5.74, 6) is 0. The Morgan fingerprint density at radius 3 is 2.70 bits per heavy atom. The standard InChI is InChI=1S/C15H17BrN2O3S2/c1-10-8-21-11(2)7-18(10)23(19,20)14-9-22-15(17-14)12-3-5-13(16)6-4-12/h3-6,9-11H,7-8H2,1-2H3. The van der Waals surface area contributed by atoms with Crippen molar-refractivity contribution in [2.24, 2.45) is 0 Å². The Morgan fingerprint density at radius 2 is 2.00 bits per heavy atom. The van der Waals surface area contributed by atoms with Crippen molar-refractivity contribution < 1.29 is 13.2 Å². The molecule has 1 saturated heterocycles. The van der Waals surface area contributed by atoms with Gasteiger partial charge >= 0.3 is 0 Å². The van der Waals surface area contributed by atoms with E-state index >= 15 is 0 Å². The Hall–Kier alpha value is -0.800. The van der Waals surface area contributed by atoms with Gasteiger partial charge in [-0.1, -0.05) is 28.1 Å². The third kappa shape index (κ3) is 3.51. The van der Waals surface area contributed by atoms with Crippen LogP contribution in [0.4, 0.5) is 0 Å². The minimum atomic E-state index is -3.60. The summed E-state index contributed by atoms with van der Waals surface area (Å²) >= 11 is 4.73. The normalized spacial score (nSPS) is 23.1. The van der Waals surface area contributed by atoms with Crippen LogP contribution in [0, 0.1) is 0 Å². The molecule has 1 aromatic heterocycles.